The molecule has 0 spiro atoms. The Balaban J connectivity index is 1.99. The second-order valence-electron chi connectivity index (χ2n) is 5.23. The summed E-state index contributed by atoms with van der Waals surface area (Å²) in [4.78, 5) is 4.00. The van der Waals surface area contributed by atoms with Gasteiger partial charge in [0.25, 0.3) is 0 Å². The van der Waals surface area contributed by atoms with E-state index in [1.54, 1.807) is 12.4 Å². The number of aliphatic hydroxyl groups is 1. The summed E-state index contributed by atoms with van der Waals surface area (Å²) in [7, 11) is 0. The topological polar surface area (TPSA) is 33.1 Å². The highest BCUT2D eigenvalue weighted by Crippen LogP contribution is 2.42. The van der Waals surface area contributed by atoms with Crippen LogP contribution in [-0.4, -0.2) is 21.9 Å². The lowest BCUT2D eigenvalue weighted by Crippen LogP contribution is -2.39. The minimum Gasteiger partial charge on any atom is -0.390 e. The lowest BCUT2D eigenvalue weighted by atomic mass is 9.76. The van der Waals surface area contributed by atoms with Crippen LogP contribution in [0, 0.1) is 5.92 Å². The van der Waals surface area contributed by atoms with E-state index < -0.39 is 17.7 Å². The van der Waals surface area contributed by atoms with Crippen LogP contribution < -0.4 is 0 Å². The van der Waals surface area contributed by atoms with Gasteiger partial charge in [-0.05, 0) is 53.2 Å². The van der Waals surface area contributed by atoms with Crippen molar-refractivity contribution in [2.45, 2.75) is 43.9 Å². The van der Waals surface area contributed by atoms with Crippen LogP contribution in [-0.2, 0) is 6.42 Å². The highest BCUT2D eigenvalue weighted by molar-refractivity contribution is 9.10. The first-order valence-electron chi connectivity index (χ1n) is 6.17. The molecule has 1 N–H and O–H groups in total. The third-order valence-electron chi connectivity index (χ3n) is 3.67. The van der Waals surface area contributed by atoms with Crippen molar-refractivity contribution in [3.63, 3.8) is 0 Å². The molecule has 2 nitrogen and oxygen atoms in total. The number of rotatable bonds is 2. The maximum atomic E-state index is 12.6. The number of halogens is 4. The van der Waals surface area contributed by atoms with E-state index >= 15 is 0 Å². The van der Waals surface area contributed by atoms with Gasteiger partial charge in [0.1, 0.15) is 0 Å². The van der Waals surface area contributed by atoms with Crippen LogP contribution in [0.4, 0.5) is 13.2 Å². The van der Waals surface area contributed by atoms with Crippen LogP contribution in [0.25, 0.3) is 0 Å². The molecule has 1 aromatic heterocycles. The Morgan fingerprint density at radius 3 is 2.47 bits per heavy atom. The van der Waals surface area contributed by atoms with Gasteiger partial charge in [0.2, 0.25) is 0 Å². The Hall–Kier alpha value is -0.620. The van der Waals surface area contributed by atoms with Gasteiger partial charge < -0.3 is 5.11 Å². The molecule has 1 fully saturated rings. The van der Waals surface area contributed by atoms with Crippen molar-refractivity contribution < 1.29 is 18.3 Å². The second-order valence-corrected chi connectivity index (χ2v) is 6.14. The molecule has 19 heavy (non-hydrogen) atoms. The zero-order valence-corrected chi connectivity index (χ0v) is 11.8. The number of aromatic nitrogens is 1. The van der Waals surface area contributed by atoms with Gasteiger partial charge in [-0.25, -0.2) is 0 Å². The van der Waals surface area contributed by atoms with E-state index in [1.807, 2.05) is 6.07 Å². The fourth-order valence-electron chi connectivity index (χ4n) is 2.59. The Bertz CT molecular complexity index is 442. The first kappa shape index (κ1) is 14.8. The van der Waals surface area contributed by atoms with Crippen molar-refractivity contribution in [2.24, 2.45) is 5.92 Å². The van der Waals surface area contributed by atoms with Crippen LogP contribution in [0.15, 0.2) is 22.9 Å². The number of pyridine rings is 1. The van der Waals surface area contributed by atoms with E-state index in [9.17, 15) is 18.3 Å². The number of hydrogen-bond donors (Lipinski definition) is 1. The molecule has 0 radical (unpaired) electrons. The van der Waals surface area contributed by atoms with E-state index in [-0.39, 0.29) is 25.7 Å². The van der Waals surface area contributed by atoms with E-state index in [0.29, 0.717) is 6.42 Å². The Morgan fingerprint density at radius 1 is 1.32 bits per heavy atom. The van der Waals surface area contributed by atoms with Gasteiger partial charge in [0.15, 0.2) is 0 Å². The van der Waals surface area contributed by atoms with Gasteiger partial charge in [-0.3, -0.25) is 4.98 Å². The molecule has 1 saturated carbocycles. The zero-order valence-electron chi connectivity index (χ0n) is 10.3. The maximum absolute atomic E-state index is 12.6. The van der Waals surface area contributed by atoms with Crippen LogP contribution >= 0.6 is 15.9 Å². The molecule has 0 aliphatic heterocycles. The molecule has 1 aliphatic rings. The van der Waals surface area contributed by atoms with Crippen molar-refractivity contribution in [3.05, 3.63) is 28.5 Å². The van der Waals surface area contributed by atoms with Gasteiger partial charge in [-0.15, -0.1) is 0 Å². The zero-order chi connectivity index (χ0) is 14.1. The predicted molar refractivity (Wildman–Crippen MR) is 68.6 cm³/mol. The molecule has 0 atom stereocenters. The van der Waals surface area contributed by atoms with Crippen molar-refractivity contribution in [3.8, 4) is 0 Å². The average molecular weight is 338 g/mol. The van der Waals surface area contributed by atoms with Gasteiger partial charge in [0, 0.05) is 23.3 Å². The molecule has 0 unspecified atom stereocenters. The second kappa shape index (κ2) is 5.40. The number of alkyl halides is 3. The molecule has 0 aromatic carbocycles. The summed E-state index contributed by atoms with van der Waals surface area (Å²) in [6.07, 6.45) is -0.147. The molecule has 6 heteroatoms. The first-order valence-corrected chi connectivity index (χ1v) is 6.96. The average Bonchev–Trinajstić information content (AvgIpc) is 2.27. The molecule has 1 heterocycles. The quantitative estimate of drug-likeness (QED) is 0.888. The molecule has 1 aliphatic carbocycles. The normalized spacial score (nSPS) is 28.4. The third-order valence-corrected chi connectivity index (χ3v) is 4.11. The molecule has 1 aromatic rings. The maximum Gasteiger partial charge on any atom is 0.391 e. The Kier molecular flexibility index (Phi) is 4.20. The molecular formula is C13H15BrF3NO. The standard InChI is InChI=1S/C13H15BrF3NO/c14-11-5-9(7-18-8-11)6-12(19)3-1-10(2-4-12)13(15,16)17/h5,7-8,10,19H,1-4,6H2. The number of nitrogens with zero attached hydrogens (tertiary/aromatic N) is 1. The largest absolute Gasteiger partial charge is 0.391 e. The fourth-order valence-corrected chi connectivity index (χ4v) is 3.00. The first-order chi connectivity index (χ1) is 8.78. The van der Waals surface area contributed by atoms with Crippen LogP contribution in [0.2, 0.25) is 0 Å². The monoisotopic (exact) mass is 337 g/mol. The van der Waals surface area contributed by atoms with Gasteiger partial charge in [-0.2, -0.15) is 13.2 Å². The van der Waals surface area contributed by atoms with Crippen molar-refractivity contribution in [1.29, 1.82) is 0 Å². The summed E-state index contributed by atoms with van der Waals surface area (Å²) >= 11 is 3.29. The summed E-state index contributed by atoms with van der Waals surface area (Å²) < 4.78 is 38.5. The molecule has 2 rings (SSSR count). The molecule has 0 saturated heterocycles. The summed E-state index contributed by atoms with van der Waals surface area (Å²) in [5, 5.41) is 10.4. The molecule has 106 valence electrons. The fraction of sp³-hybridized carbons (Fsp3) is 0.615. The Morgan fingerprint density at radius 2 is 1.95 bits per heavy atom. The third kappa shape index (κ3) is 3.92. The predicted octanol–water partition coefficient (Wildman–Crippen LogP) is 3.87. The van der Waals surface area contributed by atoms with Crippen molar-refractivity contribution in [2.75, 3.05) is 0 Å². The van der Waals surface area contributed by atoms with E-state index in [0.717, 1.165) is 10.0 Å². The summed E-state index contributed by atoms with van der Waals surface area (Å²) in [5.41, 5.74) is -0.202. The lowest BCUT2D eigenvalue weighted by molar-refractivity contribution is -0.192. The van der Waals surface area contributed by atoms with E-state index in [2.05, 4.69) is 20.9 Å². The van der Waals surface area contributed by atoms with E-state index in [1.165, 1.54) is 0 Å². The summed E-state index contributed by atoms with van der Waals surface area (Å²) in [6, 6.07) is 1.83. The minimum absolute atomic E-state index is 0.00142. The lowest BCUT2D eigenvalue weighted by Gasteiger charge is -2.36. The SMILES string of the molecule is OC1(Cc2cncc(Br)c2)CCC(C(F)(F)F)CC1. The van der Waals surface area contributed by atoms with Crippen LogP contribution in [0.5, 0.6) is 0 Å². The Labute approximate surface area is 118 Å². The highest BCUT2D eigenvalue weighted by atomic mass is 79.9. The molecule has 0 amide bonds. The number of hydrogen-bond acceptors (Lipinski definition) is 2. The van der Waals surface area contributed by atoms with Crippen LogP contribution in [0.3, 0.4) is 0 Å². The highest BCUT2D eigenvalue weighted by Gasteiger charge is 2.45. The van der Waals surface area contributed by atoms with E-state index in [4.69, 9.17) is 0 Å². The van der Waals surface area contributed by atoms with Crippen LogP contribution in [0.1, 0.15) is 31.2 Å². The van der Waals surface area contributed by atoms with Gasteiger partial charge >= 0.3 is 6.18 Å². The summed E-state index contributed by atoms with van der Waals surface area (Å²) in [6.45, 7) is 0. The van der Waals surface area contributed by atoms with Gasteiger partial charge in [-0.1, -0.05) is 0 Å². The molecular weight excluding hydrogens is 323 g/mol. The van der Waals surface area contributed by atoms with Crippen molar-refractivity contribution >= 4 is 15.9 Å². The smallest absolute Gasteiger partial charge is 0.390 e. The summed E-state index contributed by atoms with van der Waals surface area (Å²) in [5.74, 6) is -1.27. The minimum atomic E-state index is -4.14. The molecule has 0 bridgehead atoms. The van der Waals surface area contributed by atoms with Gasteiger partial charge in [0.05, 0.1) is 11.5 Å². The van der Waals surface area contributed by atoms with Crippen molar-refractivity contribution in [1.82, 2.24) is 4.98 Å².